The van der Waals surface area contributed by atoms with Gasteiger partial charge in [0.2, 0.25) is 0 Å². The van der Waals surface area contributed by atoms with Gasteiger partial charge in [-0.1, -0.05) is 31.0 Å². The molecule has 1 saturated heterocycles. The average Bonchev–Trinajstić information content (AvgIpc) is 2.87. The van der Waals surface area contributed by atoms with Crippen LogP contribution in [0.3, 0.4) is 0 Å². The number of nitrogens with zero attached hydrogens (tertiary/aromatic N) is 3. The molecule has 0 unspecified atom stereocenters. The van der Waals surface area contributed by atoms with Crippen LogP contribution < -0.4 is 5.32 Å². The van der Waals surface area contributed by atoms with E-state index in [1.807, 2.05) is 4.90 Å². The van der Waals surface area contributed by atoms with Crippen molar-refractivity contribution >= 4 is 17.8 Å². The third-order valence-corrected chi connectivity index (χ3v) is 4.03. The van der Waals surface area contributed by atoms with E-state index in [2.05, 4.69) is 20.5 Å². The van der Waals surface area contributed by atoms with Gasteiger partial charge in [0, 0.05) is 25.4 Å². The number of carbonyl (C=O) groups is 1. The highest BCUT2D eigenvalue weighted by Crippen LogP contribution is 2.11. The van der Waals surface area contributed by atoms with Crippen molar-refractivity contribution in [1.29, 1.82) is 0 Å². The number of amides is 2. The zero-order chi connectivity index (χ0) is 13.3. The Morgan fingerprint density at radius 2 is 2.05 bits per heavy atom. The summed E-state index contributed by atoms with van der Waals surface area (Å²) < 4.78 is 0. The summed E-state index contributed by atoms with van der Waals surface area (Å²) >= 11 is 1.56. The molecule has 6 nitrogen and oxygen atoms in total. The van der Waals surface area contributed by atoms with Gasteiger partial charge in [0.25, 0.3) is 0 Å². The van der Waals surface area contributed by atoms with E-state index in [1.54, 1.807) is 11.8 Å². The first-order valence-corrected chi connectivity index (χ1v) is 7.86. The summed E-state index contributed by atoms with van der Waals surface area (Å²) in [6.07, 6.45) is 7.53. The zero-order valence-corrected chi connectivity index (χ0v) is 11.9. The summed E-state index contributed by atoms with van der Waals surface area (Å²) in [6, 6.07) is 0.0695. The van der Waals surface area contributed by atoms with Gasteiger partial charge in [-0.2, -0.15) is 5.10 Å². The molecule has 0 atom stereocenters. The predicted octanol–water partition coefficient (Wildman–Crippen LogP) is 1.87. The van der Waals surface area contributed by atoms with E-state index >= 15 is 0 Å². The van der Waals surface area contributed by atoms with Crippen LogP contribution in [0.5, 0.6) is 0 Å². The number of aromatic amines is 1. The Balaban J connectivity index is 1.62. The smallest absolute Gasteiger partial charge is 0.317 e. The molecule has 106 valence electrons. The third kappa shape index (κ3) is 5.10. The number of hydrogen-bond donors (Lipinski definition) is 2. The first-order chi connectivity index (χ1) is 9.36. The molecule has 19 heavy (non-hydrogen) atoms. The van der Waals surface area contributed by atoms with Crippen LogP contribution in [0.15, 0.2) is 11.5 Å². The highest BCUT2D eigenvalue weighted by molar-refractivity contribution is 7.99. The van der Waals surface area contributed by atoms with Crippen LogP contribution in [0.2, 0.25) is 0 Å². The molecule has 1 aliphatic heterocycles. The standard InChI is InChI=1S/C12H21N5OS/c18-12(17-7-4-2-1-3-5-8-17)13-6-9-19-11-14-10-15-16-11/h10H,1-9H2,(H,13,18)(H,14,15,16). The first-order valence-electron chi connectivity index (χ1n) is 6.87. The topological polar surface area (TPSA) is 73.9 Å². The summed E-state index contributed by atoms with van der Waals surface area (Å²) in [4.78, 5) is 18.0. The van der Waals surface area contributed by atoms with Crippen molar-refractivity contribution in [3.63, 3.8) is 0 Å². The second kappa shape index (κ2) is 8.04. The van der Waals surface area contributed by atoms with Gasteiger partial charge >= 0.3 is 6.03 Å². The maximum atomic E-state index is 12.0. The van der Waals surface area contributed by atoms with E-state index in [4.69, 9.17) is 0 Å². The predicted molar refractivity (Wildman–Crippen MR) is 75.2 cm³/mol. The lowest BCUT2D eigenvalue weighted by Gasteiger charge is -2.24. The van der Waals surface area contributed by atoms with Crippen molar-refractivity contribution in [2.45, 2.75) is 37.3 Å². The van der Waals surface area contributed by atoms with Crippen molar-refractivity contribution in [2.24, 2.45) is 0 Å². The Morgan fingerprint density at radius 3 is 2.74 bits per heavy atom. The summed E-state index contributed by atoms with van der Waals surface area (Å²) in [7, 11) is 0. The fourth-order valence-electron chi connectivity index (χ4n) is 2.13. The molecular weight excluding hydrogens is 262 g/mol. The van der Waals surface area contributed by atoms with Crippen LogP contribution in [0.4, 0.5) is 4.79 Å². The maximum Gasteiger partial charge on any atom is 0.317 e. The van der Waals surface area contributed by atoms with Gasteiger partial charge in [-0.25, -0.2) is 9.78 Å². The maximum absolute atomic E-state index is 12.0. The highest BCUT2D eigenvalue weighted by atomic mass is 32.2. The van der Waals surface area contributed by atoms with Crippen LogP contribution in [0.25, 0.3) is 0 Å². The summed E-state index contributed by atoms with van der Waals surface area (Å²) in [5.74, 6) is 0.800. The van der Waals surface area contributed by atoms with E-state index in [9.17, 15) is 4.79 Å². The largest absolute Gasteiger partial charge is 0.337 e. The molecule has 1 fully saturated rings. The van der Waals surface area contributed by atoms with E-state index in [-0.39, 0.29) is 6.03 Å². The second-order valence-corrected chi connectivity index (χ2v) is 5.71. The molecule has 2 amide bonds. The normalized spacial score (nSPS) is 16.7. The molecular formula is C12H21N5OS. The van der Waals surface area contributed by atoms with Gasteiger partial charge in [0.15, 0.2) is 5.16 Å². The Labute approximate surface area is 117 Å². The fraction of sp³-hybridized carbons (Fsp3) is 0.750. The number of urea groups is 1. The quantitative estimate of drug-likeness (QED) is 0.653. The number of rotatable bonds is 4. The summed E-state index contributed by atoms with van der Waals surface area (Å²) in [6.45, 7) is 2.43. The molecule has 1 aromatic heterocycles. The highest BCUT2D eigenvalue weighted by Gasteiger charge is 2.13. The number of likely N-dealkylation sites (tertiary alicyclic amines) is 1. The number of thioether (sulfide) groups is 1. The third-order valence-electron chi connectivity index (χ3n) is 3.15. The molecule has 2 heterocycles. The monoisotopic (exact) mass is 283 g/mol. The minimum Gasteiger partial charge on any atom is -0.337 e. The molecule has 0 bridgehead atoms. The van der Waals surface area contributed by atoms with Gasteiger partial charge in [0.05, 0.1) is 0 Å². The van der Waals surface area contributed by atoms with E-state index in [0.717, 1.165) is 36.8 Å². The lowest BCUT2D eigenvalue weighted by atomic mass is 10.1. The van der Waals surface area contributed by atoms with Gasteiger partial charge in [-0.15, -0.1) is 0 Å². The van der Waals surface area contributed by atoms with Crippen LogP contribution in [-0.4, -0.2) is 51.5 Å². The summed E-state index contributed by atoms with van der Waals surface area (Å²) in [5, 5.41) is 10.3. The van der Waals surface area contributed by atoms with Crippen LogP contribution in [-0.2, 0) is 0 Å². The van der Waals surface area contributed by atoms with Crippen molar-refractivity contribution in [3.8, 4) is 0 Å². The summed E-state index contributed by atoms with van der Waals surface area (Å²) in [5.41, 5.74) is 0. The lowest BCUT2D eigenvalue weighted by molar-refractivity contribution is 0.193. The van der Waals surface area contributed by atoms with Crippen molar-refractivity contribution < 1.29 is 4.79 Å². The molecule has 0 radical (unpaired) electrons. The molecule has 0 spiro atoms. The molecule has 0 aromatic carbocycles. The van der Waals surface area contributed by atoms with Gasteiger partial charge < -0.3 is 10.2 Å². The molecule has 1 aliphatic rings. The number of hydrogen-bond acceptors (Lipinski definition) is 4. The molecule has 2 rings (SSSR count). The molecule has 0 aliphatic carbocycles. The Morgan fingerprint density at radius 1 is 1.32 bits per heavy atom. The Kier molecular flexibility index (Phi) is 6.00. The van der Waals surface area contributed by atoms with Gasteiger partial charge in [-0.05, 0) is 12.8 Å². The fourth-order valence-corrected chi connectivity index (χ4v) is 2.77. The minimum absolute atomic E-state index is 0.0695. The van der Waals surface area contributed by atoms with Crippen LogP contribution >= 0.6 is 11.8 Å². The van der Waals surface area contributed by atoms with Crippen LogP contribution in [0, 0.1) is 0 Å². The number of aromatic nitrogens is 3. The van der Waals surface area contributed by atoms with Crippen molar-refractivity contribution in [3.05, 3.63) is 6.33 Å². The molecule has 1 aromatic rings. The number of carbonyl (C=O) groups excluding carboxylic acids is 1. The molecule has 2 N–H and O–H groups in total. The number of H-pyrrole nitrogens is 1. The molecule has 7 heteroatoms. The van der Waals surface area contributed by atoms with E-state index < -0.39 is 0 Å². The van der Waals surface area contributed by atoms with E-state index in [1.165, 1.54) is 25.6 Å². The number of nitrogens with one attached hydrogen (secondary N) is 2. The first kappa shape index (κ1) is 14.2. The average molecular weight is 283 g/mol. The van der Waals surface area contributed by atoms with Crippen molar-refractivity contribution in [2.75, 3.05) is 25.4 Å². The van der Waals surface area contributed by atoms with E-state index in [0.29, 0.717) is 6.54 Å². The Hall–Kier alpha value is -1.24. The lowest BCUT2D eigenvalue weighted by Crippen LogP contribution is -2.42. The van der Waals surface area contributed by atoms with Gasteiger partial charge in [-0.3, -0.25) is 5.10 Å². The molecule has 0 saturated carbocycles. The second-order valence-electron chi connectivity index (χ2n) is 4.63. The van der Waals surface area contributed by atoms with Crippen LogP contribution in [0.1, 0.15) is 32.1 Å². The Bertz CT molecular complexity index is 362. The zero-order valence-electron chi connectivity index (χ0n) is 11.1. The minimum atomic E-state index is 0.0695. The van der Waals surface area contributed by atoms with Gasteiger partial charge in [0.1, 0.15) is 6.33 Å². The van der Waals surface area contributed by atoms with Crippen molar-refractivity contribution in [1.82, 2.24) is 25.4 Å². The SMILES string of the molecule is O=C(NCCSc1ncn[nH]1)N1CCCCCCC1.